The zero-order valence-corrected chi connectivity index (χ0v) is 14.7. The predicted molar refractivity (Wildman–Crippen MR) is 94.9 cm³/mol. The van der Waals surface area contributed by atoms with Crippen molar-refractivity contribution in [3.8, 4) is 5.75 Å². The molecule has 0 fully saturated rings. The third-order valence-electron chi connectivity index (χ3n) is 3.38. The molecular formula is C17H15Cl2FN2O3. The third-order valence-corrected chi connectivity index (χ3v) is 3.91. The summed E-state index contributed by atoms with van der Waals surface area (Å²) < 4.78 is 19.2. The molecule has 0 radical (unpaired) electrons. The van der Waals surface area contributed by atoms with E-state index in [2.05, 4.69) is 5.32 Å². The maximum Gasteiger partial charge on any atom is 0.248 e. The van der Waals surface area contributed by atoms with Gasteiger partial charge in [0.05, 0.1) is 18.1 Å². The van der Waals surface area contributed by atoms with Gasteiger partial charge in [-0.1, -0.05) is 23.2 Å². The summed E-state index contributed by atoms with van der Waals surface area (Å²) >= 11 is 11.8. The minimum absolute atomic E-state index is 0.000807. The Morgan fingerprint density at radius 2 is 1.96 bits per heavy atom. The lowest BCUT2D eigenvalue weighted by molar-refractivity contribution is -0.116. The van der Waals surface area contributed by atoms with Crippen molar-refractivity contribution in [3.05, 3.63) is 57.3 Å². The lowest BCUT2D eigenvalue weighted by atomic mass is 10.1. The second-order valence-corrected chi connectivity index (χ2v) is 6.06. The number of amides is 2. The lowest BCUT2D eigenvalue weighted by Crippen LogP contribution is -2.18. The minimum atomic E-state index is -0.782. The zero-order valence-electron chi connectivity index (χ0n) is 13.2. The summed E-state index contributed by atoms with van der Waals surface area (Å²) in [4.78, 5) is 23.2. The Bertz CT molecular complexity index is 828. The summed E-state index contributed by atoms with van der Waals surface area (Å²) in [5.41, 5.74) is 5.51. The van der Waals surface area contributed by atoms with Crippen LogP contribution in [0.1, 0.15) is 22.3 Å². The highest BCUT2D eigenvalue weighted by atomic mass is 35.5. The number of carbonyl (C=O) groups excluding carboxylic acids is 2. The average Bonchev–Trinajstić information content (AvgIpc) is 2.53. The van der Waals surface area contributed by atoms with Crippen LogP contribution >= 0.6 is 23.2 Å². The van der Waals surface area contributed by atoms with Crippen LogP contribution in [0.4, 0.5) is 10.1 Å². The quantitative estimate of drug-likeness (QED) is 0.790. The van der Waals surface area contributed by atoms with E-state index in [1.807, 2.05) is 0 Å². The Morgan fingerprint density at radius 1 is 1.24 bits per heavy atom. The van der Waals surface area contributed by atoms with Crippen molar-refractivity contribution in [2.24, 2.45) is 5.73 Å². The van der Waals surface area contributed by atoms with Gasteiger partial charge in [-0.05, 0) is 37.3 Å². The topological polar surface area (TPSA) is 81.4 Å². The van der Waals surface area contributed by atoms with Crippen LogP contribution in [0.15, 0.2) is 30.3 Å². The number of rotatable bonds is 6. The molecule has 0 aromatic heterocycles. The van der Waals surface area contributed by atoms with Gasteiger partial charge in [0.15, 0.2) is 0 Å². The van der Waals surface area contributed by atoms with E-state index < -0.39 is 17.6 Å². The molecule has 8 heteroatoms. The van der Waals surface area contributed by atoms with Crippen LogP contribution in [0.5, 0.6) is 5.75 Å². The number of benzene rings is 2. The highest BCUT2D eigenvalue weighted by Crippen LogP contribution is 2.27. The first-order valence-electron chi connectivity index (χ1n) is 7.25. The van der Waals surface area contributed by atoms with Crippen LogP contribution in [0.25, 0.3) is 0 Å². The van der Waals surface area contributed by atoms with E-state index in [1.165, 1.54) is 19.1 Å². The molecule has 2 aromatic rings. The van der Waals surface area contributed by atoms with E-state index in [4.69, 9.17) is 33.7 Å². The van der Waals surface area contributed by atoms with E-state index >= 15 is 0 Å². The van der Waals surface area contributed by atoms with Crippen molar-refractivity contribution >= 4 is 40.7 Å². The first-order chi connectivity index (χ1) is 11.8. The summed E-state index contributed by atoms with van der Waals surface area (Å²) in [7, 11) is 0. The number of halogens is 3. The molecule has 0 saturated carbocycles. The Hall–Kier alpha value is -2.31. The largest absolute Gasteiger partial charge is 0.491 e. The Kier molecular flexibility index (Phi) is 6.22. The van der Waals surface area contributed by atoms with Gasteiger partial charge >= 0.3 is 0 Å². The van der Waals surface area contributed by atoms with Crippen molar-refractivity contribution in [1.29, 1.82) is 0 Å². The molecule has 132 valence electrons. The van der Waals surface area contributed by atoms with Crippen molar-refractivity contribution < 1.29 is 18.7 Å². The van der Waals surface area contributed by atoms with Crippen molar-refractivity contribution in [1.82, 2.24) is 0 Å². The van der Waals surface area contributed by atoms with E-state index in [1.54, 1.807) is 12.1 Å². The number of hydrogen-bond donors (Lipinski definition) is 2. The fraction of sp³-hybridized carbons (Fsp3) is 0.176. The zero-order chi connectivity index (χ0) is 18.6. The molecule has 25 heavy (non-hydrogen) atoms. The lowest BCUT2D eigenvalue weighted by Gasteiger charge is -2.12. The molecule has 0 aliphatic carbocycles. The molecule has 2 rings (SSSR count). The van der Waals surface area contributed by atoms with Gasteiger partial charge in [-0.15, -0.1) is 0 Å². The molecule has 0 atom stereocenters. The Balaban J connectivity index is 1.97. The highest BCUT2D eigenvalue weighted by molar-refractivity contribution is 6.35. The van der Waals surface area contributed by atoms with E-state index in [-0.39, 0.29) is 29.8 Å². The van der Waals surface area contributed by atoms with Crippen LogP contribution in [-0.2, 0) is 4.79 Å². The molecular weight excluding hydrogens is 370 g/mol. The smallest absolute Gasteiger partial charge is 0.248 e. The number of carbonyl (C=O) groups is 2. The number of anilines is 1. The van der Waals surface area contributed by atoms with Gasteiger partial charge in [0.1, 0.15) is 11.6 Å². The average molecular weight is 385 g/mol. The monoisotopic (exact) mass is 384 g/mol. The number of ether oxygens (including phenoxy) is 1. The molecule has 3 N–H and O–H groups in total. The highest BCUT2D eigenvalue weighted by Gasteiger charge is 2.13. The molecule has 0 spiro atoms. The molecule has 0 heterocycles. The maximum absolute atomic E-state index is 13.8. The van der Waals surface area contributed by atoms with E-state index in [0.29, 0.717) is 15.8 Å². The number of nitrogens with one attached hydrogen (secondary N) is 1. The fourth-order valence-electron chi connectivity index (χ4n) is 2.01. The van der Waals surface area contributed by atoms with Crippen LogP contribution in [0, 0.1) is 12.7 Å². The number of nitrogens with two attached hydrogens (primary N) is 1. The van der Waals surface area contributed by atoms with Crippen LogP contribution in [0.3, 0.4) is 0 Å². The molecule has 0 aliphatic rings. The van der Waals surface area contributed by atoms with Gasteiger partial charge in [-0.2, -0.15) is 0 Å². The third kappa shape index (κ3) is 5.08. The SMILES string of the molecule is Cc1c(F)cc(C(N)=O)cc1NC(=O)CCOc1ccc(Cl)cc1Cl. The summed E-state index contributed by atoms with van der Waals surface area (Å²) in [6.45, 7) is 1.55. The minimum Gasteiger partial charge on any atom is -0.491 e. The van der Waals surface area contributed by atoms with Crippen molar-refractivity contribution in [2.45, 2.75) is 13.3 Å². The molecule has 0 aliphatic heterocycles. The fourth-order valence-corrected chi connectivity index (χ4v) is 2.47. The second kappa shape index (κ2) is 8.18. The van der Waals surface area contributed by atoms with Gasteiger partial charge in [0.25, 0.3) is 0 Å². The van der Waals surface area contributed by atoms with Gasteiger partial charge in [0.2, 0.25) is 11.8 Å². The predicted octanol–water partition coefficient (Wildman–Crippen LogP) is 3.95. The summed E-state index contributed by atoms with van der Waals surface area (Å²) in [5.74, 6) is -1.42. The number of primary amides is 1. The van der Waals surface area contributed by atoms with E-state index in [0.717, 1.165) is 6.07 Å². The van der Waals surface area contributed by atoms with Gasteiger partial charge in [0, 0.05) is 21.8 Å². The van der Waals surface area contributed by atoms with Gasteiger partial charge in [-0.25, -0.2) is 4.39 Å². The molecule has 5 nitrogen and oxygen atoms in total. The van der Waals surface area contributed by atoms with Gasteiger partial charge < -0.3 is 15.8 Å². The summed E-state index contributed by atoms with van der Waals surface area (Å²) in [6.07, 6.45) is 0.000807. The van der Waals surface area contributed by atoms with Gasteiger partial charge in [-0.3, -0.25) is 9.59 Å². The molecule has 0 unspecified atom stereocenters. The van der Waals surface area contributed by atoms with Crippen molar-refractivity contribution in [3.63, 3.8) is 0 Å². The standard InChI is InChI=1S/C17H15Cl2FN2O3/c1-9-13(20)6-10(17(21)24)7-14(9)22-16(23)4-5-25-15-3-2-11(18)8-12(15)19/h2-3,6-8H,4-5H2,1H3,(H2,21,24)(H,22,23). The first kappa shape index (κ1) is 19.0. The molecule has 0 bridgehead atoms. The second-order valence-electron chi connectivity index (χ2n) is 5.22. The summed E-state index contributed by atoms with van der Waals surface area (Å²) in [5, 5.41) is 3.34. The normalized spacial score (nSPS) is 10.4. The Morgan fingerprint density at radius 3 is 2.60 bits per heavy atom. The molecule has 0 saturated heterocycles. The Labute approximate surface area is 153 Å². The van der Waals surface area contributed by atoms with Crippen LogP contribution in [-0.4, -0.2) is 18.4 Å². The van der Waals surface area contributed by atoms with Crippen molar-refractivity contribution in [2.75, 3.05) is 11.9 Å². The molecule has 2 amide bonds. The number of hydrogen-bond acceptors (Lipinski definition) is 3. The van der Waals surface area contributed by atoms with Crippen LogP contribution in [0.2, 0.25) is 10.0 Å². The maximum atomic E-state index is 13.8. The first-order valence-corrected chi connectivity index (χ1v) is 8.01. The van der Waals surface area contributed by atoms with Crippen LogP contribution < -0.4 is 15.8 Å². The summed E-state index contributed by atoms with van der Waals surface area (Å²) in [6, 6.07) is 7.09. The molecule has 2 aromatic carbocycles. The van der Waals surface area contributed by atoms with E-state index in [9.17, 15) is 14.0 Å².